The van der Waals surface area contributed by atoms with Crippen molar-refractivity contribution in [1.82, 2.24) is 40.5 Å². The van der Waals surface area contributed by atoms with Crippen molar-refractivity contribution in [2.75, 3.05) is 20.8 Å². The fourth-order valence-corrected chi connectivity index (χ4v) is 9.10. The number of imidazole rings is 2. The zero-order valence-electron chi connectivity index (χ0n) is 32.2. The summed E-state index contributed by atoms with van der Waals surface area (Å²) in [4.78, 5) is 61.0. The van der Waals surface area contributed by atoms with Crippen molar-refractivity contribution in [3.63, 3.8) is 0 Å². The van der Waals surface area contributed by atoms with Gasteiger partial charge in [-0.15, -0.1) is 0 Å². The topological polar surface area (TPSA) is 167 Å². The van der Waals surface area contributed by atoms with Gasteiger partial charge in [0, 0.05) is 37.9 Å². The molecule has 8 rings (SSSR count). The van der Waals surface area contributed by atoms with E-state index in [1.54, 1.807) is 30.2 Å². The van der Waals surface area contributed by atoms with Gasteiger partial charge in [-0.25, -0.2) is 19.7 Å². The van der Waals surface area contributed by atoms with Crippen molar-refractivity contribution in [3.05, 3.63) is 102 Å². The molecule has 2 unspecified atom stereocenters. The second-order valence-corrected chi connectivity index (χ2v) is 15.3. The van der Waals surface area contributed by atoms with Gasteiger partial charge < -0.3 is 35.0 Å². The van der Waals surface area contributed by atoms with Gasteiger partial charge in [0.15, 0.2) is 0 Å². The number of nitrogens with one attached hydrogen (secondary N) is 4. The van der Waals surface area contributed by atoms with Crippen molar-refractivity contribution in [3.8, 4) is 33.6 Å². The summed E-state index contributed by atoms with van der Waals surface area (Å²) in [5, 5.41) is 5.60. The summed E-state index contributed by atoms with van der Waals surface area (Å²) >= 11 is 0. The number of carbonyl (C=O) groups excluding carboxylic acids is 3. The number of carbonyl (C=O) groups is 3. The number of aromatic nitrogens is 5. The molecule has 2 saturated carbocycles. The number of halogens is 1. The second kappa shape index (κ2) is 16.3. The molecule has 3 fully saturated rings. The molecule has 3 aliphatic rings. The van der Waals surface area contributed by atoms with E-state index in [-0.39, 0.29) is 36.2 Å². The molecule has 7 atom stereocenters. The molecule has 2 bridgehead atoms. The predicted octanol–water partition coefficient (Wildman–Crippen LogP) is 6.54. The van der Waals surface area contributed by atoms with Crippen molar-refractivity contribution in [2.24, 2.45) is 17.8 Å². The minimum atomic E-state index is -0.894. The van der Waals surface area contributed by atoms with E-state index in [4.69, 9.17) is 14.5 Å². The Hall–Kier alpha value is -5.89. The van der Waals surface area contributed by atoms with Crippen molar-refractivity contribution in [1.29, 1.82) is 0 Å². The van der Waals surface area contributed by atoms with Crippen LogP contribution in [0.4, 0.5) is 9.18 Å². The van der Waals surface area contributed by atoms with Crippen molar-refractivity contribution >= 4 is 17.9 Å². The minimum absolute atomic E-state index is 0.00742. The molecule has 5 aromatic rings. The first kappa shape index (κ1) is 38.0. The quantitative estimate of drug-likeness (QED) is 0.104. The third-order valence-electron chi connectivity index (χ3n) is 12.2. The Kier molecular flexibility index (Phi) is 10.9. The number of alkyl carbamates (subject to hydrolysis) is 1. The molecule has 1 aliphatic heterocycles. The minimum Gasteiger partial charge on any atom is -0.453 e. The lowest BCUT2D eigenvalue weighted by Gasteiger charge is -2.30. The number of methoxy groups -OCH3 is 2. The summed E-state index contributed by atoms with van der Waals surface area (Å²) in [6.45, 7) is 2.39. The highest BCUT2D eigenvalue weighted by atomic mass is 19.1. The molecule has 0 radical (unpaired) electrons. The third-order valence-corrected chi connectivity index (χ3v) is 12.2. The number of likely N-dealkylation sites (tertiary alicyclic amines) is 1. The molecular formula is C43H47FN8O5. The van der Waals surface area contributed by atoms with Crippen LogP contribution in [0.3, 0.4) is 0 Å². The molecule has 3 amide bonds. The molecule has 2 aromatic carbocycles. The average Bonchev–Trinajstić information content (AvgIpc) is 4.10. The highest BCUT2D eigenvalue weighted by Crippen LogP contribution is 2.56. The standard InChI is InChI=1S/C43H47FN8O5/c1-24(56-2)37(51-43(55)57-3)42(54)52-19-5-7-34(52)39-46-22-32(49-39)27-12-8-25(9-13-27)26-10-14-28(15-11-26)33-23-47-40(50-33)35-29-16-17-30(20-29)36(35)41(53)48-21-31-6-4-18-45-38(31)44/h4,6,8-15,18,22-24,29-30,34-37H,5,7,16-17,19-21H2,1-3H3,(H,46,49)(H,47,50)(H,48,53)(H,51,55)/t24-,29?,30?,34+,35-,36-,37+/m1/s1. The molecule has 4 N–H and O–H groups in total. The van der Waals surface area contributed by atoms with Crippen LogP contribution in [0.15, 0.2) is 79.3 Å². The largest absolute Gasteiger partial charge is 0.453 e. The summed E-state index contributed by atoms with van der Waals surface area (Å²) in [6.07, 6.45) is 8.45. The van der Waals surface area contributed by atoms with E-state index in [1.165, 1.54) is 20.4 Å². The van der Waals surface area contributed by atoms with Crippen molar-refractivity contribution < 1.29 is 28.2 Å². The first-order valence-electron chi connectivity index (χ1n) is 19.6. The molecule has 2 aliphatic carbocycles. The monoisotopic (exact) mass is 774 g/mol. The molecule has 296 valence electrons. The maximum absolute atomic E-state index is 14.1. The number of H-pyrrole nitrogens is 2. The Morgan fingerprint density at radius 1 is 0.860 bits per heavy atom. The van der Waals surface area contributed by atoms with E-state index in [2.05, 4.69) is 67.0 Å². The van der Waals surface area contributed by atoms with Crippen LogP contribution in [-0.2, 0) is 25.6 Å². The normalized spacial score (nSPS) is 22.3. The molecule has 4 heterocycles. The smallest absolute Gasteiger partial charge is 0.407 e. The Bertz CT molecular complexity index is 2220. The number of amides is 3. The van der Waals surface area contributed by atoms with Crippen LogP contribution >= 0.6 is 0 Å². The number of rotatable bonds is 12. The van der Waals surface area contributed by atoms with Crippen LogP contribution in [0.25, 0.3) is 33.6 Å². The van der Waals surface area contributed by atoms with Crippen LogP contribution in [0.5, 0.6) is 0 Å². The lowest BCUT2D eigenvalue weighted by atomic mass is 9.78. The van der Waals surface area contributed by atoms with E-state index in [0.29, 0.717) is 29.8 Å². The average molecular weight is 775 g/mol. The molecule has 1 saturated heterocycles. The van der Waals surface area contributed by atoms with Gasteiger partial charge in [0.2, 0.25) is 17.8 Å². The Morgan fingerprint density at radius 2 is 1.49 bits per heavy atom. The third kappa shape index (κ3) is 7.65. The fraction of sp³-hybridized carbons (Fsp3) is 0.395. The zero-order valence-corrected chi connectivity index (χ0v) is 32.2. The van der Waals surface area contributed by atoms with Crippen LogP contribution in [0.2, 0.25) is 0 Å². The first-order valence-corrected chi connectivity index (χ1v) is 19.6. The summed E-state index contributed by atoms with van der Waals surface area (Å²) in [5.74, 6) is 1.13. The summed E-state index contributed by atoms with van der Waals surface area (Å²) < 4.78 is 24.3. The number of benzene rings is 2. The molecular weight excluding hydrogens is 728 g/mol. The number of hydrogen-bond donors (Lipinski definition) is 4. The Balaban J connectivity index is 0.918. The Morgan fingerprint density at radius 3 is 2.14 bits per heavy atom. The van der Waals surface area contributed by atoms with Gasteiger partial charge in [-0.1, -0.05) is 54.6 Å². The van der Waals surface area contributed by atoms with E-state index in [9.17, 15) is 18.8 Å². The fourth-order valence-electron chi connectivity index (χ4n) is 9.10. The highest BCUT2D eigenvalue weighted by molar-refractivity contribution is 5.87. The lowest BCUT2D eigenvalue weighted by Crippen LogP contribution is -2.54. The van der Waals surface area contributed by atoms with E-state index in [0.717, 1.165) is 71.6 Å². The number of nitrogens with zero attached hydrogens (tertiary/aromatic N) is 4. The summed E-state index contributed by atoms with van der Waals surface area (Å²) in [6, 6.07) is 18.7. The first-order chi connectivity index (χ1) is 27.7. The number of hydrogen-bond acceptors (Lipinski definition) is 8. The number of fused-ring (bicyclic) bond motifs is 2. The van der Waals surface area contributed by atoms with E-state index in [1.807, 2.05) is 18.3 Å². The maximum atomic E-state index is 14.1. The number of pyridine rings is 1. The van der Waals surface area contributed by atoms with Crippen LogP contribution in [-0.4, -0.2) is 80.6 Å². The van der Waals surface area contributed by atoms with Gasteiger partial charge in [0.25, 0.3) is 0 Å². The molecule has 13 nitrogen and oxygen atoms in total. The molecule has 0 spiro atoms. The number of aromatic amines is 2. The maximum Gasteiger partial charge on any atom is 0.407 e. The predicted molar refractivity (Wildman–Crippen MR) is 210 cm³/mol. The molecule has 57 heavy (non-hydrogen) atoms. The van der Waals surface area contributed by atoms with Crippen molar-refractivity contribution in [2.45, 2.75) is 69.7 Å². The van der Waals surface area contributed by atoms with E-state index >= 15 is 0 Å². The number of ether oxygens (including phenoxy) is 2. The van der Waals surface area contributed by atoms with E-state index < -0.39 is 24.2 Å². The molecule has 3 aromatic heterocycles. The van der Waals surface area contributed by atoms with Crippen LogP contribution < -0.4 is 10.6 Å². The second-order valence-electron chi connectivity index (χ2n) is 15.3. The SMILES string of the molecule is COC(=O)N[C@H](C(=O)N1CCC[C@H]1c1ncc(-c2ccc(-c3ccc(-c4cnc([C@@H]5C6CCC(C6)[C@H]5C(=O)NCc5cccnc5F)[nH]4)cc3)cc2)[nH]1)[C@@H](C)OC. The lowest BCUT2D eigenvalue weighted by molar-refractivity contribution is -0.137. The Labute approximate surface area is 330 Å². The highest BCUT2D eigenvalue weighted by Gasteiger charge is 2.52. The van der Waals surface area contributed by atoms with Gasteiger partial charge in [-0.2, -0.15) is 4.39 Å². The van der Waals surface area contributed by atoms with Gasteiger partial charge in [-0.3, -0.25) is 9.59 Å². The van der Waals surface area contributed by atoms with Crippen LogP contribution in [0.1, 0.15) is 68.2 Å². The van der Waals surface area contributed by atoms with Gasteiger partial charge in [-0.05, 0) is 79.2 Å². The van der Waals surface area contributed by atoms with Crippen LogP contribution in [0, 0.1) is 23.7 Å². The van der Waals surface area contributed by atoms with Gasteiger partial charge in [0.05, 0.1) is 49.0 Å². The van der Waals surface area contributed by atoms with Gasteiger partial charge in [0.1, 0.15) is 17.7 Å². The molecule has 14 heteroatoms. The summed E-state index contributed by atoms with van der Waals surface area (Å²) in [5.41, 5.74) is 6.19. The zero-order chi connectivity index (χ0) is 39.6. The summed E-state index contributed by atoms with van der Waals surface area (Å²) in [7, 11) is 2.76. The van der Waals surface area contributed by atoms with Gasteiger partial charge >= 0.3 is 6.09 Å².